The van der Waals surface area contributed by atoms with E-state index in [1.54, 1.807) is 11.3 Å². The van der Waals surface area contributed by atoms with Crippen LogP contribution in [0.5, 0.6) is 0 Å². The van der Waals surface area contributed by atoms with Crippen LogP contribution < -0.4 is 5.32 Å². The number of rotatable bonds is 5. The van der Waals surface area contributed by atoms with Gasteiger partial charge < -0.3 is 4.90 Å². The lowest BCUT2D eigenvalue weighted by Crippen LogP contribution is -2.42. The van der Waals surface area contributed by atoms with Crippen molar-refractivity contribution < 1.29 is 4.79 Å². The molecular weight excluding hydrogens is 282 g/mol. The standard InChI is InChI=1S/C16H25N3OS/c1-3-13-16(20)19(11-12-7-5-9-18(12)4-2)15(17-13)14-8-6-10-21-14/h6,8,10,12-13,15,17H,3-5,7,9,11H2,1-2H3. The fourth-order valence-corrected chi connectivity index (χ4v) is 4.39. The molecule has 116 valence electrons. The molecule has 1 aromatic heterocycles. The Kier molecular flexibility index (Phi) is 4.62. The fourth-order valence-electron chi connectivity index (χ4n) is 3.59. The lowest BCUT2D eigenvalue weighted by atomic mass is 10.2. The van der Waals surface area contributed by atoms with Gasteiger partial charge in [0.1, 0.15) is 6.17 Å². The second-order valence-corrected chi connectivity index (χ2v) is 6.94. The van der Waals surface area contributed by atoms with Crippen molar-refractivity contribution in [2.75, 3.05) is 19.6 Å². The van der Waals surface area contributed by atoms with E-state index in [2.05, 4.69) is 46.5 Å². The first-order chi connectivity index (χ1) is 10.2. The minimum absolute atomic E-state index is 0.0198. The Morgan fingerprint density at radius 3 is 2.95 bits per heavy atom. The Hall–Kier alpha value is -0.910. The lowest BCUT2D eigenvalue weighted by Gasteiger charge is -2.30. The van der Waals surface area contributed by atoms with E-state index in [0.717, 1.165) is 19.5 Å². The summed E-state index contributed by atoms with van der Waals surface area (Å²) in [5.41, 5.74) is 0. The SMILES string of the molecule is CCC1NC(c2cccs2)N(CC2CCCN2CC)C1=O. The highest BCUT2D eigenvalue weighted by molar-refractivity contribution is 7.10. The third kappa shape index (κ3) is 2.87. The van der Waals surface area contributed by atoms with E-state index >= 15 is 0 Å². The maximum atomic E-state index is 12.7. The van der Waals surface area contributed by atoms with Crippen LogP contribution in [0.15, 0.2) is 17.5 Å². The third-order valence-corrected chi connectivity index (χ3v) is 5.71. The molecule has 0 aromatic carbocycles. The summed E-state index contributed by atoms with van der Waals surface area (Å²) in [6.45, 7) is 7.42. The largest absolute Gasteiger partial charge is 0.319 e. The summed E-state index contributed by atoms with van der Waals surface area (Å²) in [6.07, 6.45) is 3.40. The van der Waals surface area contributed by atoms with Crippen molar-refractivity contribution in [1.82, 2.24) is 15.1 Å². The van der Waals surface area contributed by atoms with Gasteiger partial charge in [-0.05, 0) is 43.8 Å². The molecule has 0 aliphatic carbocycles. The van der Waals surface area contributed by atoms with Crippen LogP contribution >= 0.6 is 11.3 Å². The van der Waals surface area contributed by atoms with Crippen LogP contribution in [0.1, 0.15) is 44.2 Å². The Bertz CT molecular complexity index is 476. The Balaban J connectivity index is 1.77. The normalized spacial score (nSPS) is 30.5. The first-order valence-corrected chi connectivity index (χ1v) is 8.96. The van der Waals surface area contributed by atoms with Crippen LogP contribution in [0, 0.1) is 0 Å². The molecule has 21 heavy (non-hydrogen) atoms. The molecule has 0 radical (unpaired) electrons. The number of amides is 1. The van der Waals surface area contributed by atoms with Gasteiger partial charge in [-0.2, -0.15) is 0 Å². The molecule has 4 nitrogen and oxygen atoms in total. The number of likely N-dealkylation sites (tertiary alicyclic amines) is 1. The van der Waals surface area contributed by atoms with Gasteiger partial charge in [0.05, 0.1) is 6.04 Å². The number of likely N-dealkylation sites (N-methyl/N-ethyl adjacent to an activating group) is 1. The Labute approximate surface area is 131 Å². The fraction of sp³-hybridized carbons (Fsp3) is 0.688. The molecular formula is C16H25N3OS. The molecule has 2 aliphatic rings. The number of carbonyl (C=O) groups excluding carboxylic acids is 1. The summed E-state index contributed by atoms with van der Waals surface area (Å²) in [5.74, 6) is 0.277. The summed E-state index contributed by atoms with van der Waals surface area (Å²) in [6, 6.07) is 4.71. The summed E-state index contributed by atoms with van der Waals surface area (Å²) in [4.78, 5) is 18.5. The van der Waals surface area contributed by atoms with Crippen LogP contribution in [0.3, 0.4) is 0 Å². The van der Waals surface area contributed by atoms with Gasteiger partial charge in [0.2, 0.25) is 5.91 Å². The number of carbonyl (C=O) groups is 1. The zero-order valence-corrected chi connectivity index (χ0v) is 13.7. The van der Waals surface area contributed by atoms with Crippen LogP contribution in [0.4, 0.5) is 0 Å². The Morgan fingerprint density at radius 2 is 2.29 bits per heavy atom. The van der Waals surface area contributed by atoms with Gasteiger partial charge in [0.15, 0.2) is 0 Å². The van der Waals surface area contributed by atoms with E-state index in [4.69, 9.17) is 0 Å². The van der Waals surface area contributed by atoms with Gasteiger partial charge in [0, 0.05) is 17.5 Å². The van der Waals surface area contributed by atoms with E-state index in [9.17, 15) is 4.79 Å². The predicted octanol–water partition coefficient (Wildman–Crippen LogP) is 2.44. The molecule has 2 fully saturated rings. The van der Waals surface area contributed by atoms with E-state index in [0.29, 0.717) is 6.04 Å². The van der Waals surface area contributed by atoms with Crippen molar-refractivity contribution in [2.24, 2.45) is 0 Å². The minimum Gasteiger partial charge on any atom is -0.319 e. The van der Waals surface area contributed by atoms with Crippen LogP contribution in [-0.2, 0) is 4.79 Å². The summed E-state index contributed by atoms with van der Waals surface area (Å²) < 4.78 is 0. The monoisotopic (exact) mass is 307 g/mol. The number of hydrogen-bond acceptors (Lipinski definition) is 4. The van der Waals surface area contributed by atoms with Crippen molar-refractivity contribution in [3.8, 4) is 0 Å². The zero-order chi connectivity index (χ0) is 14.8. The topological polar surface area (TPSA) is 35.6 Å². The van der Waals surface area contributed by atoms with Gasteiger partial charge in [0.25, 0.3) is 0 Å². The van der Waals surface area contributed by atoms with Gasteiger partial charge in [-0.25, -0.2) is 0 Å². The smallest absolute Gasteiger partial charge is 0.241 e. The van der Waals surface area contributed by atoms with E-state index < -0.39 is 0 Å². The number of thiophene rings is 1. The molecule has 1 N–H and O–H groups in total. The average Bonchev–Trinajstić information content (AvgIpc) is 3.21. The molecule has 3 unspecified atom stereocenters. The molecule has 2 saturated heterocycles. The van der Waals surface area contributed by atoms with Crippen LogP contribution in [0.25, 0.3) is 0 Å². The van der Waals surface area contributed by atoms with Crippen molar-refractivity contribution >= 4 is 17.2 Å². The first kappa shape index (κ1) is 15.0. The molecule has 1 amide bonds. The third-order valence-electron chi connectivity index (χ3n) is 4.79. The first-order valence-electron chi connectivity index (χ1n) is 8.08. The highest BCUT2D eigenvalue weighted by Crippen LogP contribution is 2.31. The second-order valence-electron chi connectivity index (χ2n) is 5.96. The highest BCUT2D eigenvalue weighted by atomic mass is 32.1. The maximum absolute atomic E-state index is 12.7. The van der Waals surface area contributed by atoms with Crippen molar-refractivity contribution in [3.63, 3.8) is 0 Å². The van der Waals surface area contributed by atoms with E-state index in [1.165, 1.54) is 24.3 Å². The van der Waals surface area contributed by atoms with Gasteiger partial charge in [-0.1, -0.05) is 19.9 Å². The maximum Gasteiger partial charge on any atom is 0.241 e. The van der Waals surface area contributed by atoms with Gasteiger partial charge in [-0.3, -0.25) is 15.0 Å². The van der Waals surface area contributed by atoms with Crippen LogP contribution in [-0.4, -0.2) is 47.4 Å². The minimum atomic E-state index is -0.0198. The van der Waals surface area contributed by atoms with Crippen molar-refractivity contribution in [2.45, 2.75) is 51.4 Å². The van der Waals surface area contributed by atoms with Crippen LogP contribution in [0.2, 0.25) is 0 Å². The van der Waals surface area contributed by atoms with Crippen molar-refractivity contribution in [3.05, 3.63) is 22.4 Å². The number of hydrogen-bond donors (Lipinski definition) is 1. The molecule has 5 heteroatoms. The molecule has 0 bridgehead atoms. The summed E-state index contributed by atoms with van der Waals surface area (Å²) in [7, 11) is 0. The molecule has 3 rings (SSSR count). The molecule has 1 aromatic rings. The number of nitrogens with zero attached hydrogens (tertiary/aromatic N) is 2. The summed E-state index contributed by atoms with van der Waals surface area (Å²) >= 11 is 1.73. The highest BCUT2D eigenvalue weighted by Gasteiger charge is 2.41. The lowest BCUT2D eigenvalue weighted by molar-refractivity contribution is -0.130. The second kappa shape index (κ2) is 6.46. The van der Waals surface area contributed by atoms with E-state index in [-0.39, 0.29) is 18.1 Å². The Morgan fingerprint density at radius 1 is 1.43 bits per heavy atom. The average molecular weight is 307 g/mol. The van der Waals surface area contributed by atoms with Crippen molar-refractivity contribution in [1.29, 1.82) is 0 Å². The van der Waals surface area contributed by atoms with Gasteiger partial charge >= 0.3 is 0 Å². The molecule has 2 aliphatic heterocycles. The molecule has 3 heterocycles. The van der Waals surface area contributed by atoms with E-state index in [1.807, 2.05) is 0 Å². The quantitative estimate of drug-likeness (QED) is 0.907. The molecule has 3 atom stereocenters. The van der Waals surface area contributed by atoms with Gasteiger partial charge in [-0.15, -0.1) is 11.3 Å². The predicted molar refractivity (Wildman–Crippen MR) is 86.3 cm³/mol. The zero-order valence-electron chi connectivity index (χ0n) is 12.9. The summed E-state index contributed by atoms with van der Waals surface area (Å²) in [5, 5.41) is 5.61. The molecule has 0 saturated carbocycles. The molecule has 0 spiro atoms. The number of nitrogens with one attached hydrogen (secondary N) is 1.